The summed E-state index contributed by atoms with van der Waals surface area (Å²) in [6, 6.07) is 11.9. The highest BCUT2D eigenvalue weighted by atomic mass is 32.2. The smallest absolute Gasteiger partial charge is 0.335 e. The summed E-state index contributed by atoms with van der Waals surface area (Å²) in [6.07, 6.45) is 0. The second-order valence-corrected chi connectivity index (χ2v) is 9.93. The fourth-order valence-corrected chi connectivity index (χ4v) is 5.50. The minimum Gasteiger partial charge on any atom is -0.478 e. The molecule has 12 heteroatoms. The quantitative estimate of drug-likeness (QED) is 0.415. The second kappa shape index (κ2) is 8.88. The highest BCUT2D eigenvalue weighted by molar-refractivity contribution is 7.89. The van der Waals surface area contributed by atoms with E-state index in [0.717, 1.165) is 23.1 Å². The maximum absolute atomic E-state index is 13.0. The van der Waals surface area contributed by atoms with Gasteiger partial charge in [-0.05, 0) is 50.2 Å². The molecule has 1 saturated heterocycles. The van der Waals surface area contributed by atoms with Gasteiger partial charge in [-0.1, -0.05) is 6.07 Å². The molecule has 1 aliphatic rings. The molecule has 1 N–H and O–H groups in total. The summed E-state index contributed by atoms with van der Waals surface area (Å²) in [5, 5.41) is 25.1. The molecule has 0 aliphatic carbocycles. The van der Waals surface area contributed by atoms with Crippen LogP contribution in [0.2, 0.25) is 0 Å². The van der Waals surface area contributed by atoms with Crippen LogP contribution in [0.15, 0.2) is 53.4 Å². The van der Waals surface area contributed by atoms with E-state index in [1.54, 1.807) is 12.1 Å². The van der Waals surface area contributed by atoms with Crippen molar-refractivity contribution in [3.8, 4) is 5.69 Å². The number of aromatic carboxylic acids is 1. The van der Waals surface area contributed by atoms with E-state index in [1.165, 1.54) is 33.3 Å². The number of carboxylic acids is 1. The standard InChI is InChI=1S/C22H23N5O6S/c1-15-12-16(2)26(23-15)21-14-18(6-7-20(21)27(30)31)24-8-10-25(11-9-24)34(32,33)19-5-3-4-17(13-19)22(28)29/h3-7,12-14H,8-11H2,1-2H3,(H,28,29). The third-order valence-corrected chi connectivity index (χ3v) is 7.61. The van der Waals surface area contributed by atoms with Gasteiger partial charge in [0.15, 0.2) is 0 Å². The van der Waals surface area contributed by atoms with Crippen LogP contribution in [0.3, 0.4) is 0 Å². The van der Waals surface area contributed by atoms with Crippen molar-refractivity contribution in [1.82, 2.24) is 14.1 Å². The lowest BCUT2D eigenvalue weighted by Gasteiger charge is -2.35. The molecule has 3 aromatic rings. The van der Waals surface area contributed by atoms with Gasteiger partial charge in [0.25, 0.3) is 5.69 Å². The minimum atomic E-state index is -3.86. The first-order chi connectivity index (χ1) is 16.1. The van der Waals surface area contributed by atoms with Crippen LogP contribution in [-0.2, 0) is 10.0 Å². The van der Waals surface area contributed by atoms with Crippen LogP contribution in [0.5, 0.6) is 0 Å². The molecule has 0 radical (unpaired) electrons. The van der Waals surface area contributed by atoms with Crippen LogP contribution in [0.4, 0.5) is 11.4 Å². The van der Waals surface area contributed by atoms with Crippen molar-refractivity contribution in [2.75, 3.05) is 31.1 Å². The summed E-state index contributed by atoms with van der Waals surface area (Å²) in [6.45, 7) is 4.74. The fraction of sp³-hybridized carbons (Fsp3) is 0.273. The van der Waals surface area contributed by atoms with Gasteiger partial charge >= 0.3 is 5.97 Å². The normalized spacial score (nSPS) is 14.8. The lowest BCUT2D eigenvalue weighted by molar-refractivity contribution is -0.384. The van der Waals surface area contributed by atoms with Gasteiger partial charge < -0.3 is 10.0 Å². The average molecular weight is 486 g/mol. The van der Waals surface area contributed by atoms with Gasteiger partial charge in [0.1, 0.15) is 5.69 Å². The number of hydrogen-bond acceptors (Lipinski definition) is 7. The number of nitrogens with zero attached hydrogens (tertiary/aromatic N) is 5. The van der Waals surface area contributed by atoms with Gasteiger partial charge in [-0.2, -0.15) is 9.40 Å². The summed E-state index contributed by atoms with van der Waals surface area (Å²) < 4.78 is 28.9. The van der Waals surface area contributed by atoms with Gasteiger partial charge in [-0.15, -0.1) is 0 Å². The van der Waals surface area contributed by atoms with Crippen LogP contribution in [0.1, 0.15) is 21.7 Å². The molecule has 178 valence electrons. The van der Waals surface area contributed by atoms with Crippen LogP contribution in [0.25, 0.3) is 5.69 Å². The molecule has 0 unspecified atom stereocenters. The molecule has 1 aliphatic heterocycles. The Balaban J connectivity index is 1.57. The van der Waals surface area contributed by atoms with Gasteiger partial charge in [-0.25, -0.2) is 17.9 Å². The Morgan fingerprint density at radius 1 is 1.06 bits per heavy atom. The minimum absolute atomic E-state index is 0.0667. The average Bonchev–Trinajstić information content (AvgIpc) is 3.16. The summed E-state index contributed by atoms with van der Waals surface area (Å²) in [5.41, 5.74) is 2.39. The first-order valence-electron chi connectivity index (χ1n) is 10.5. The molecule has 34 heavy (non-hydrogen) atoms. The Kier molecular flexibility index (Phi) is 6.11. The molecular formula is C22H23N5O6S. The number of carboxylic acid groups (broad SMARTS) is 1. The second-order valence-electron chi connectivity index (χ2n) is 7.99. The molecule has 4 rings (SSSR count). The number of aromatic nitrogens is 2. The summed E-state index contributed by atoms with van der Waals surface area (Å²) in [5.74, 6) is -1.20. The van der Waals surface area contributed by atoms with E-state index < -0.39 is 20.9 Å². The fourth-order valence-electron chi connectivity index (χ4n) is 4.03. The van der Waals surface area contributed by atoms with Crippen LogP contribution < -0.4 is 4.90 Å². The van der Waals surface area contributed by atoms with E-state index in [4.69, 9.17) is 5.11 Å². The molecule has 0 atom stereocenters. The van der Waals surface area contributed by atoms with E-state index in [0.29, 0.717) is 18.8 Å². The Hall–Kier alpha value is -3.77. The Bertz CT molecular complexity index is 1380. The van der Waals surface area contributed by atoms with E-state index in [-0.39, 0.29) is 29.2 Å². The van der Waals surface area contributed by atoms with E-state index in [2.05, 4.69) is 5.10 Å². The van der Waals surface area contributed by atoms with Gasteiger partial charge in [0.05, 0.1) is 21.1 Å². The first-order valence-corrected chi connectivity index (χ1v) is 11.9. The zero-order valence-electron chi connectivity index (χ0n) is 18.6. The number of rotatable bonds is 6. The van der Waals surface area contributed by atoms with Crippen molar-refractivity contribution in [3.63, 3.8) is 0 Å². The van der Waals surface area contributed by atoms with Crippen molar-refractivity contribution in [3.05, 3.63) is 75.6 Å². The topological polar surface area (TPSA) is 139 Å². The van der Waals surface area contributed by atoms with Crippen molar-refractivity contribution >= 4 is 27.4 Å². The first kappa shape index (κ1) is 23.4. The highest BCUT2D eigenvalue weighted by Crippen LogP contribution is 2.30. The number of sulfonamides is 1. The third kappa shape index (κ3) is 4.37. The molecule has 1 aromatic heterocycles. The Morgan fingerprint density at radius 3 is 2.35 bits per heavy atom. The van der Waals surface area contributed by atoms with Gasteiger partial charge in [0.2, 0.25) is 10.0 Å². The molecule has 0 spiro atoms. The molecule has 1 fully saturated rings. The van der Waals surface area contributed by atoms with Crippen molar-refractivity contribution in [2.24, 2.45) is 0 Å². The van der Waals surface area contributed by atoms with E-state index in [9.17, 15) is 23.3 Å². The molecule has 2 aromatic carbocycles. The predicted molar refractivity (Wildman–Crippen MR) is 124 cm³/mol. The number of hydrogen-bond donors (Lipinski definition) is 1. The number of aryl methyl sites for hydroxylation is 2. The van der Waals surface area contributed by atoms with Gasteiger partial charge in [0, 0.05) is 43.6 Å². The molecular weight excluding hydrogens is 462 g/mol. The monoisotopic (exact) mass is 485 g/mol. The zero-order valence-corrected chi connectivity index (χ0v) is 19.4. The predicted octanol–water partition coefficient (Wildman–Crippen LogP) is 2.61. The number of benzene rings is 2. The summed E-state index contributed by atoms with van der Waals surface area (Å²) in [7, 11) is -3.86. The maximum atomic E-state index is 13.0. The van der Waals surface area contributed by atoms with Gasteiger partial charge in [-0.3, -0.25) is 10.1 Å². The lowest BCUT2D eigenvalue weighted by atomic mass is 10.2. The number of carbonyl (C=O) groups is 1. The molecule has 0 amide bonds. The maximum Gasteiger partial charge on any atom is 0.335 e. The van der Waals surface area contributed by atoms with Crippen LogP contribution in [-0.4, -0.2) is 64.7 Å². The van der Waals surface area contributed by atoms with Crippen molar-refractivity contribution in [1.29, 1.82) is 0 Å². The molecule has 0 bridgehead atoms. The number of nitro benzene ring substituents is 1. The molecule has 11 nitrogen and oxygen atoms in total. The largest absolute Gasteiger partial charge is 0.478 e. The molecule has 0 saturated carbocycles. The SMILES string of the molecule is Cc1cc(C)n(-c2cc(N3CCN(S(=O)(=O)c4cccc(C(=O)O)c4)CC3)ccc2[N+](=O)[O-])n1. The Labute approximate surface area is 196 Å². The number of nitro groups is 1. The summed E-state index contributed by atoms with van der Waals surface area (Å²) in [4.78, 5) is 24.2. The van der Waals surface area contributed by atoms with E-state index in [1.807, 2.05) is 24.8 Å². The van der Waals surface area contributed by atoms with E-state index >= 15 is 0 Å². The highest BCUT2D eigenvalue weighted by Gasteiger charge is 2.30. The van der Waals surface area contributed by atoms with Crippen molar-refractivity contribution in [2.45, 2.75) is 18.7 Å². The van der Waals surface area contributed by atoms with Crippen LogP contribution >= 0.6 is 0 Å². The van der Waals surface area contributed by atoms with Crippen molar-refractivity contribution < 1.29 is 23.2 Å². The Morgan fingerprint density at radius 2 is 1.76 bits per heavy atom. The van der Waals surface area contributed by atoms with Crippen LogP contribution in [0, 0.1) is 24.0 Å². The zero-order chi connectivity index (χ0) is 24.6. The molecule has 2 heterocycles. The third-order valence-electron chi connectivity index (χ3n) is 5.72. The lowest BCUT2D eigenvalue weighted by Crippen LogP contribution is -2.48. The number of anilines is 1. The number of piperazine rings is 1. The summed E-state index contributed by atoms with van der Waals surface area (Å²) >= 11 is 0.